The predicted octanol–water partition coefficient (Wildman–Crippen LogP) is 2.38. The molecule has 0 saturated carbocycles. The molecule has 1 aromatic rings. The Morgan fingerprint density at radius 1 is 1.44 bits per heavy atom. The van der Waals surface area contributed by atoms with Crippen LogP contribution in [-0.4, -0.2) is 35.7 Å². The molecular formula is C14H21NO3. The van der Waals surface area contributed by atoms with Gasteiger partial charge in [0.2, 0.25) is 0 Å². The van der Waals surface area contributed by atoms with E-state index in [0.29, 0.717) is 6.54 Å². The second-order valence-electron chi connectivity index (χ2n) is 4.70. The standard InChI is InChI=1S/C14H21NO3/c1-11(2)18-13-6-4-5-12(9-13)10-15(3)8-7-14(16)17/h4-6,9,11H,7-8,10H2,1-3H3,(H,16,17). The first kappa shape index (κ1) is 14.5. The minimum absolute atomic E-state index is 0.157. The highest BCUT2D eigenvalue weighted by Gasteiger charge is 2.05. The van der Waals surface area contributed by atoms with E-state index in [1.54, 1.807) is 0 Å². The summed E-state index contributed by atoms with van der Waals surface area (Å²) >= 11 is 0. The molecule has 18 heavy (non-hydrogen) atoms. The highest BCUT2D eigenvalue weighted by molar-refractivity contribution is 5.66. The summed E-state index contributed by atoms with van der Waals surface area (Å²) < 4.78 is 5.62. The summed E-state index contributed by atoms with van der Waals surface area (Å²) in [6.45, 7) is 5.25. The quantitative estimate of drug-likeness (QED) is 0.808. The largest absolute Gasteiger partial charge is 0.491 e. The van der Waals surface area contributed by atoms with E-state index >= 15 is 0 Å². The van der Waals surface area contributed by atoms with Crippen LogP contribution in [0.2, 0.25) is 0 Å². The van der Waals surface area contributed by atoms with Crippen LogP contribution in [0.5, 0.6) is 5.75 Å². The molecule has 0 radical (unpaired) electrons. The minimum atomic E-state index is -0.765. The Labute approximate surface area is 108 Å². The van der Waals surface area contributed by atoms with Gasteiger partial charge < -0.3 is 14.7 Å². The second kappa shape index (κ2) is 7.01. The fourth-order valence-electron chi connectivity index (χ4n) is 1.67. The highest BCUT2D eigenvalue weighted by atomic mass is 16.5. The number of aliphatic carboxylic acids is 1. The van der Waals surface area contributed by atoms with E-state index in [9.17, 15) is 4.79 Å². The maximum Gasteiger partial charge on any atom is 0.304 e. The summed E-state index contributed by atoms with van der Waals surface area (Å²) in [5, 5.41) is 8.63. The third kappa shape index (κ3) is 5.68. The lowest BCUT2D eigenvalue weighted by atomic mass is 10.2. The van der Waals surface area contributed by atoms with Crippen molar-refractivity contribution >= 4 is 5.97 Å². The summed E-state index contributed by atoms with van der Waals surface area (Å²) in [4.78, 5) is 12.5. The third-order valence-electron chi connectivity index (χ3n) is 2.43. The molecule has 0 amide bonds. The molecule has 0 spiro atoms. The molecular weight excluding hydrogens is 230 g/mol. The van der Waals surface area contributed by atoms with Gasteiger partial charge in [0.05, 0.1) is 12.5 Å². The first-order chi connectivity index (χ1) is 8.47. The van der Waals surface area contributed by atoms with Crippen LogP contribution in [0.25, 0.3) is 0 Å². The summed E-state index contributed by atoms with van der Waals surface area (Å²) in [5.41, 5.74) is 1.13. The third-order valence-corrected chi connectivity index (χ3v) is 2.43. The van der Waals surface area contributed by atoms with E-state index in [1.807, 2.05) is 50.1 Å². The van der Waals surface area contributed by atoms with Gasteiger partial charge in [-0.2, -0.15) is 0 Å². The molecule has 0 fully saturated rings. The van der Waals surface area contributed by atoms with Crippen molar-refractivity contribution < 1.29 is 14.6 Å². The molecule has 0 aliphatic heterocycles. The molecule has 0 heterocycles. The molecule has 0 aliphatic carbocycles. The van der Waals surface area contributed by atoms with Crippen LogP contribution >= 0.6 is 0 Å². The number of carboxylic acid groups (broad SMARTS) is 1. The van der Waals surface area contributed by atoms with Crippen molar-refractivity contribution in [2.75, 3.05) is 13.6 Å². The molecule has 1 N–H and O–H groups in total. The van der Waals surface area contributed by atoms with Gasteiger partial charge in [-0.15, -0.1) is 0 Å². The van der Waals surface area contributed by atoms with E-state index < -0.39 is 5.97 Å². The van der Waals surface area contributed by atoms with E-state index in [0.717, 1.165) is 17.9 Å². The van der Waals surface area contributed by atoms with Crippen molar-refractivity contribution in [1.29, 1.82) is 0 Å². The molecule has 4 nitrogen and oxygen atoms in total. The molecule has 0 atom stereocenters. The van der Waals surface area contributed by atoms with Crippen molar-refractivity contribution in [3.05, 3.63) is 29.8 Å². The summed E-state index contributed by atoms with van der Waals surface area (Å²) in [5.74, 6) is 0.0906. The monoisotopic (exact) mass is 251 g/mol. The van der Waals surface area contributed by atoms with Crippen LogP contribution in [0.4, 0.5) is 0 Å². The van der Waals surface area contributed by atoms with Crippen molar-refractivity contribution in [1.82, 2.24) is 4.90 Å². The Morgan fingerprint density at radius 2 is 2.17 bits per heavy atom. The van der Waals surface area contributed by atoms with Crippen LogP contribution < -0.4 is 4.74 Å². The zero-order valence-electron chi connectivity index (χ0n) is 11.2. The van der Waals surface area contributed by atoms with E-state index in [1.165, 1.54) is 0 Å². The minimum Gasteiger partial charge on any atom is -0.491 e. The Balaban J connectivity index is 2.53. The van der Waals surface area contributed by atoms with Gasteiger partial charge in [-0.25, -0.2) is 0 Å². The first-order valence-electron chi connectivity index (χ1n) is 6.13. The van der Waals surface area contributed by atoms with E-state index in [4.69, 9.17) is 9.84 Å². The Kier molecular flexibility index (Phi) is 5.65. The Hall–Kier alpha value is -1.55. The molecule has 4 heteroatoms. The van der Waals surface area contributed by atoms with Crippen LogP contribution in [-0.2, 0) is 11.3 Å². The van der Waals surface area contributed by atoms with E-state index in [-0.39, 0.29) is 12.5 Å². The Morgan fingerprint density at radius 3 is 2.78 bits per heavy atom. The number of carbonyl (C=O) groups is 1. The van der Waals surface area contributed by atoms with Gasteiger partial charge in [0.15, 0.2) is 0 Å². The molecule has 0 aliphatic rings. The molecule has 0 bridgehead atoms. The molecule has 0 aromatic heterocycles. The molecule has 100 valence electrons. The van der Waals surface area contributed by atoms with Crippen molar-refractivity contribution in [3.8, 4) is 5.75 Å². The van der Waals surface area contributed by atoms with Crippen molar-refractivity contribution in [3.63, 3.8) is 0 Å². The molecule has 0 saturated heterocycles. The molecule has 1 aromatic carbocycles. The smallest absolute Gasteiger partial charge is 0.304 e. The summed E-state index contributed by atoms with van der Waals surface area (Å²) in [6.07, 6.45) is 0.323. The van der Waals surface area contributed by atoms with Crippen molar-refractivity contribution in [2.45, 2.75) is 32.9 Å². The number of carboxylic acids is 1. The zero-order chi connectivity index (χ0) is 13.5. The lowest BCUT2D eigenvalue weighted by molar-refractivity contribution is -0.137. The maximum atomic E-state index is 10.5. The Bertz CT molecular complexity index is 390. The average Bonchev–Trinajstić information content (AvgIpc) is 2.26. The van der Waals surface area contributed by atoms with Crippen LogP contribution in [0.15, 0.2) is 24.3 Å². The second-order valence-corrected chi connectivity index (χ2v) is 4.70. The zero-order valence-corrected chi connectivity index (χ0v) is 11.2. The number of hydrogen-bond acceptors (Lipinski definition) is 3. The van der Waals surface area contributed by atoms with Crippen LogP contribution in [0.3, 0.4) is 0 Å². The van der Waals surface area contributed by atoms with Gasteiger partial charge in [0, 0.05) is 13.1 Å². The average molecular weight is 251 g/mol. The van der Waals surface area contributed by atoms with Gasteiger partial charge in [0.1, 0.15) is 5.75 Å². The number of hydrogen-bond donors (Lipinski definition) is 1. The van der Waals surface area contributed by atoms with Crippen LogP contribution in [0.1, 0.15) is 25.8 Å². The molecule has 0 unspecified atom stereocenters. The number of rotatable bonds is 7. The summed E-state index contributed by atoms with van der Waals surface area (Å²) in [6, 6.07) is 7.90. The SMILES string of the molecule is CC(C)Oc1cccc(CN(C)CCC(=O)O)c1. The van der Waals surface area contributed by atoms with Gasteiger partial charge in [0.25, 0.3) is 0 Å². The number of nitrogens with zero attached hydrogens (tertiary/aromatic N) is 1. The lowest BCUT2D eigenvalue weighted by Gasteiger charge is -2.16. The lowest BCUT2D eigenvalue weighted by Crippen LogP contribution is -2.21. The van der Waals surface area contributed by atoms with E-state index in [2.05, 4.69) is 0 Å². The summed E-state index contributed by atoms with van der Waals surface area (Å²) in [7, 11) is 1.92. The highest BCUT2D eigenvalue weighted by Crippen LogP contribution is 2.16. The maximum absolute atomic E-state index is 10.5. The normalized spacial score (nSPS) is 10.9. The molecule has 1 rings (SSSR count). The van der Waals surface area contributed by atoms with Gasteiger partial charge in [-0.05, 0) is 38.6 Å². The van der Waals surface area contributed by atoms with Gasteiger partial charge in [-0.1, -0.05) is 12.1 Å². The fraction of sp³-hybridized carbons (Fsp3) is 0.500. The first-order valence-corrected chi connectivity index (χ1v) is 6.13. The van der Waals surface area contributed by atoms with Crippen molar-refractivity contribution in [2.24, 2.45) is 0 Å². The van der Waals surface area contributed by atoms with Gasteiger partial charge >= 0.3 is 5.97 Å². The van der Waals surface area contributed by atoms with Gasteiger partial charge in [-0.3, -0.25) is 4.79 Å². The van der Waals surface area contributed by atoms with Crippen LogP contribution in [0, 0.1) is 0 Å². The predicted molar refractivity (Wildman–Crippen MR) is 70.8 cm³/mol. The fourth-order valence-corrected chi connectivity index (χ4v) is 1.67. The number of benzene rings is 1. The topological polar surface area (TPSA) is 49.8 Å². The number of ether oxygens (including phenoxy) is 1.